The zero-order valence-corrected chi connectivity index (χ0v) is 10.2. The van der Waals surface area contributed by atoms with E-state index >= 15 is 0 Å². The maximum absolute atomic E-state index is 12.0. The molecule has 0 fully saturated rings. The van der Waals surface area contributed by atoms with Crippen LogP contribution in [0.3, 0.4) is 0 Å². The maximum atomic E-state index is 12.0. The highest BCUT2D eigenvalue weighted by Crippen LogP contribution is 2.24. The van der Waals surface area contributed by atoms with Crippen LogP contribution in [0, 0.1) is 0 Å². The highest BCUT2D eigenvalue weighted by atomic mass is 16.5. The number of fused-ring (bicyclic) bond motifs is 1. The van der Waals surface area contributed by atoms with E-state index in [1.54, 1.807) is 19.4 Å². The second-order valence-corrected chi connectivity index (χ2v) is 4.20. The van der Waals surface area contributed by atoms with Crippen molar-refractivity contribution in [2.24, 2.45) is 0 Å². The lowest BCUT2D eigenvalue weighted by Crippen LogP contribution is -1.93. The SMILES string of the molecule is COc1ccc2[nH]cc(C(=O)C=C(C)C)c2c1. The summed E-state index contributed by atoms with van der Waals surface area (Å²) >= 11 is 0. The van der Waals surface area contributed by atoms with Crippen LogP contribution in [-0.2, 0) is 0 Å². The Morgan fingerprint density at radius 1 is 1.35 bits per heavy atom. The first-order chi connectivity index (χ1) is 8.11. The third-order valence-corrected chi connectivity index (χ3v) is 2.57. The topological polar surface area (TPSA) is 42.1 Å². The van der Waals surface area contributed by atoms with Gasteiger partial charge < -0.3 is 9.72 Å². The molecule has 0 unspecified atom stereocenters. The number of hydrogen-bond acceptors (Lipinski definition) is 2. The number of aromatic nitrogens is 1. The van der Waals surface area contributed by atoms with Gasteiger partial charge in [-0.2, -0.15) is 0 Å². The number of ether oxygens (including phenoxy) is 1. The van der Waals surface area contributed by atoms with Crippen LogP contribution in [0.2, 0.25) is 0 Å². The Balaban J connectivity index is 2.54. The van der Waals surface area contributed by atoms with E-state index in [1.165, 1.54) is 0 Å². The largest absolute Gasteiger partial charge is 0.497 e. The van der Waals surface area contributed by atoms with Gasteiger partial charge in [0.1, 0.15) is 5.75 Å². The van der Waals surface area contributed by atoms with E-state index in [9.17, 15) is 4.79 Å². The minimum absolute atomic E-state index is 0.0181. The molecule has 1 heterocycles. The average Bonchev–Trinajstić information content (AvgIpc) is 2.70. The van der Waals surface area contributed by atoms with Crippen LogP contribution in [0.5, 0.6) is 5.75 Å². The van der Waals surface area contributed by atoms with E-state index in [0.29, 0.717) is 5.56 Å². The molecule has 0 amide bonds. The van der Waals surface area contributed by atoms with Gasteiger partial charge in [-0.3, -0.25) is 4.79 Å². The Bertz CT molecular complexity index is 589. The van der Waals surface area contributed by atoms with Gasteiger partial charge in [0.25, 0.3) is 0 Å². The summed E-state index contributed by atoms with van der Waals surface area (Å²) in [6.07, 6.45) is 3.38. The highest BCUT2D eigenvalue weighted by molar-refractivity contribution is 6.13. The Hall–Kier alpha value is -2.03. The van der Waals surface area contributed by atoms with Crippen molar-refractivity contribution < 1.29 is 9.53 Å². The van der Waals surface area contributed by atoms with Crippen LogP contribution >= 0.6 is 0 Å². The first-order valence-corrected chi connectivity index (χ1v) is 5.46. The monoisotopic (exact) mass is 229 g/mol. The number of aromatic amines is 1. The average molecular weight is 229 g/mol. The molecule has 0 radical (unpaired) electrons. The summed E-state index contributed by atoms with van der Waals surface area (Å²) in [5, 5.41) is 0.895. The quantitative estimate of drug-likeness (QED) is 0.648. The molecule has 0 aliphatic heterocycles. The molecule has 88 valence electrons. The van der Waals surface area contributed by atoms with Gasteiger partial charge in [-0.25, -0.2) is 0 Å². The smallest absolute Gasteiger partial charge is 0.187 e. The van der Waals surface area contributed by atoms with Crippen LogP contribution < -0.4 is 4.74 Å². The van der Waals surface area contributed by atoms with E-state index in [0.717, 1.165) is 22.2 Å². The van der Waals surface area contributed by atoms with Gasteiger partial charge in [0.2, 0.25) is 0 Å². The Kier molecular flexibility index (Phi) is 3.00. The lowest BCUT2D eigenvalue weighted by Gasteiger charge is -2.00. The van der Waals surface area contributed by atoms with Crippen molar-refractivity contribution in [1.29, 1.82) is 0 Å². The first kappa shape index (κ1) is 11.5. The number of allylic oxidation sites excluding steroid dienone is 2. The van der Waals surface area contributed by atoms with E-state index in [2.05, 4.69) is 4.98 Å². The van der Waals surface area contributed by atoms with Crippen molar-refractivity contribution in [3.8, 4) is 5.75 Å². The van der Waals surface area contributed by atoms with Crippen molar-refractivity contribution in [2.45, 2.75) is 13.8 Å². The van der Waals surface area contributed by atoms with Crippen LogP contribution in [0.1, 0.15) is 24.2 Å². The molecule has 1 aromatic carbocycles. The van der Waals surface area contributed by atoms with Gasteiger partial charge in [-0.05, 0) is 38.1 Å². The van der Waals surface area contributed by atoms with E-state index in [-0.39, 0.29) is 5.78 Å². The molecule has 3 heteroatoms. The van der Waals surface area contributed by atoms with Gasteiger partial charge in [-0.15, -0.1) is 0 Å². The molecule has 17 heavy (non-hydrogen) atoms. The van der Waals surface area contributed by atoms with Crippen LogP contribution in [-0.4, -0.2) is 17.9 Å². The van der Waals surface area contributed by atoms with Crippen molar-refractivity contribution >= 4 is 16.7 Å². The van der Waals surface area contributed by atoms with Crippen molar-refractivity contribution in [3.05, 3.63) is 41.6 Å². The summed E-state index contributed by atoms with van der Waals surface area (Å²) in [4.78, 5) is 15.1. The van der Waals surface area contributed by atoms with E-state index < -0.39 is 0 Å². The Morgan fingerprint density at radius 3 is 2.76 bits per heavy atom. The predicted molar refractivity (Wildman–Crippen MR) is 68.6 cm³/mol. The minimum atomic E-state index is 0.0181. The predicted octanol–water partition coefficient (Wildman–Crippen LogP) is 3.33. The zero-order chi connectivity index (χ0) is 12.4. The summed E-state index contributed by atoms with van der Waals surface area (Å²) in [7, 11) is 1.62. The van der Waals surface area contributed by atoms with Crippen LogP contribution in [0.25, 0.3) is 10.9 Å². The van der Waals surface area contributed by atoms with E-state index in [4.69, 9.17) is 4.74 Å². The molecular formula is C14H15NO2. The van der Waals surface area contributed by atoms with Crippen LogP contribution in [0.15, 0.2) is 36.0 Å². The highest BCUT2D eigenvalue weighted by Gasteiger charge is 2.10. The number of ketones is 1. The molecule has 1 aromatic heterocycles. The molecule has 1 N–H and O–H groups in total. The molecule has 0 spiro atoms. The zero-order valence-electron chi connectivity index (χ0n) is 10.2. The number of carbonyl (C=O) groups is 1. The molecule has 0 aliphatic rings. The fourth-order valence-corrected chi connectivity index (χ4v) is 1.77. The molecule has 0 saturated carbocycles. The summed E-state index contributed by atoms with van der Waals surface area (Å²) in [5.74, 6) is 0.771. The normalized spacial score (nSPS) is 10.3. The van der Waals surface area contributed by atoms with Crippen molar-refractivity contribution in [2.75, 3.05) is 7.11 Å². The van der Waals surface area contributed by atoms with Gasteiger partial charge in [-0.1, -0.05) is 5.57 Å². The Morgan fingerprint density at radius 2 is 2.12 bits per heavy atom. The maximum Gasteiger partial charge on any atom is 0.187 e. The fourth-order valence-electron chi connectivity index (χ4n) is 1.77. The minimum Gasteiger partial charge on any atom is -0.497 e. The molecular weight excluding hydrogens is 214 g/mol. The third-order valence-electron chi connectivity index (χ3n) is 2.57. The molecule has 2 aromatic rings. The molecule has 3 nitrogen and oxygen atoms in total. The summed E-state index contributed by atoms with van der Waals surface area (Å²) in [5.41, 5.74) is 2.61. The first-order valence-electron chi connectivity index (χ1n) is 5.46. The molecule has 2 rings (SSSR count). The van der Waals surface area contributed by atoms with E-state index in [1.807, 2.05) is 32.0 Å². The number of hydrogen-bond donors (Lipinski definition) is 1. The number of rotatable bonds is 3. The number of benzene rings is 1. The summed E-state index contributed by atoms with van der Waals surface area (Å²) < 4.78 is 5.17. The molecule has 0 atom stereocenters. The summed E-state index contributed by atoms with van der Waals surface area (Å²) in [6, 6.07) is 5.65. The second-order valence-electron chi connectivity index (χ2n) is 4.20. The van der Waals surface area contributed by atoms with Crippen molar-refractivity contribution in [1.82, 2.24) is 4.98 Å². The number of carbonyl (C=O) groups excluding carboxylic acids is 1. The number of H-pyrrole nitrogens is 1. The fraction of sp³-hybridized carbons (Fsp3) is 0.214. The number of methoxy groups -OCH3 is 1. The lowest BCUT2D eigenvalue weighted by atomic mass is 10.1. The molecule has 0 saturated heterocycles. The standard InChI is InChI=1S/C14H15NO2/c1-9(2)6-14(16)12-8-15-13-5-4-10(17-3)7-11(12)13/h4-8,15H,1-3H3. The number of nitrogens with one attached hydrogen (secondary N) is 1. The molecule has 0 aliphatic carbocycles. The molecule has 0 bridgehead atoms. The second kappa shape index (κ2) is 4.45. The van der Waals surface area contributed by atoms with Gasteiger partial charge >= 0.3 is 0 Å². The van der Waals surface area contributed by atoms with Gasteiger partial charge in [0.15, 0.2) is 5.78 Å². The summed E-state index contributed by atoms with van der Waals surface area (Å²) in [6.45, 7) is 3.82. The van der Waals surface area contributed by atoms with Gasteiger partial charge in [0.05, 0.1) is 7.11 Å². The third kappa shape index (κ3) is 2.23. The Labute approximate surface area is 100 Å². The van der Waals surface area contributed by atoms with Gasteiger partial charge in [0, 0.05) is 22.7 Å². The van der Waals surface area contributed by atoms with Crippen LogP contribution in [0.4, 0.5) is 0 Å². The lowest BCUT2D eigenvalue weighted by molar-refractivity contribution is 0.104. The van der Waals surface area contributed by atoms with Crippen molar-refractivity contribution in [3.63, 3.8) is 0 Å².